The van der Waals surface area contributed by atoms with Crippen molar-refractivity contribution in [2.45, 2.75) is 26.3 Å². The van der Waals surface area contributed by atoms with Gasteiger partial charge in [0.25, 0.3) is 5.91 Å². The first-order valence-corrected chi connectivity index (χ1v) is 12.2. The second-order valence-electron chi connectivity index (χ2n) is 7.94. The Hall–Kier alpha value is -3.65. The van der Waals surface area contributed by atoms with E-state index < -0.39 is 0 Å². The number of aromatic nitrogens is 2. The molecule has 4 aromatic rings. The summed E-state index contributed by atoms with van der Waals surface area (Å²) in [7, 11) is 0. The summed E-state index contributed by atoms with van der Waals surface area (Å²) in [4.78, 5) is 24.4. The molecule has 0 N–H and O–H groups in total. The lowest BCUT2D eigenvalue weighted by molar-refractivity contribution is 0.0984. The highest BCUT2D eigenvalue weighted by atomic mass is 32.1. The van der Waals surface area contributed by atoms with Gasteiger partial charge in [-0.05, 0) is 36.2 Å². The number of hydrogen-bond donors (Lipinski definition) is 0. The zero-order valence-corrected chi connectivity index (χ0v) is 19.7. The number of pyridine rings is 1. The maximum absolute atomic E-state index is 13.7. The largest absolute Gasteiger partial charge is 0.494 e. The van der Waals surface area contributed by atoms with Gasteiger partial charge in [0.2, 0.25) is 0 Å². The molecule has 0 fully saturated rings. The van der Waals surface area contributed by atoms with Crippen molar-refractivity contribution >= 4 is 32.6 Å². The van der Waals surface area contributed by atoms with Crippen LogP contribution in [0.5, 0.6) is 17.2 Å². The first-order chi connectivity index (χ1) is 16.7. The Labute approximate surface area is 201 Å². The third-order valence-electron chi connectivity index (χ3n) is 5.43. The molecule has 1 amide bonds. The van der Waals surface area contributed by atoms with Gasteiger partial charge in [0.1, 0.15) is 19.0 Å². The summed E-state index contributed by atoms with van der Waals surface area (Å²) >= 11 is 1.45. The standard InChI is InChI=1S/C26H25N3O4S/c1-2-3-10-31-20-8-4-7-19(13-20)25(30)29(17-18-6-5-9-27-16-18)26-28-21-14-22-23(15-24(21)34-26)33-12-11-32-22/h4-9,13-16H,2-3,10-12,17H2,1H3. The van der Waals surface area contributed by atoms with Crippen molar-refractivity contribution in [3.63, 3.8) is 0 Å². The molecule has 174 valence electrons. The van der Waals surface area contributed by atoms with E-state index in [4.69, 9.17) is 19.2 Å². The van der Waals surface area contributed by atoms with Crippen LogP contribution in [-0.2, 0) is 6.54 Å². The van der Waals surface area contributed by atoms with Crippen molar-refractivity contribution in [3.8, 4) is 17.2 Å². The number of anilines is 1. The summed E-state index contributed by atoms with van der Waals surface area (Å²) in [5.41, 5.74) is 2.23. The van der Waals surface area contributed by atoms with Crippen LogP contribution in [0.1, 0.15) is 35.7 Å². The number of thiazole rings is 1. The van der Waals surface area contributed by atoms with E-state index in [1.54, 1.807) is 29.4 Å². The Balaban J connectivity index is 1.49. The number of amides is 1. The summed E-state index contributed by atoms with van der Waals surface area (Å²) in [6, 6.07) is 14.9. The number of nitrogens with zero attached hydrogens (tertiary/aromatic N) is 3. The van der Waals surface area contributed by atoms with Gasteiger partial charge in [0.15, 0.2) is 16.6 Å². The van der Waals surface area contributed by atoms with Crippen LogP contribution < -0.4 is 19.1 Å². The fourth-order valence-electron chi connectivity index (χ4n) is 3.68. The number of benzene rings is 2. The molecule has 0 unspecified atom stereocenters. The normalized spacial score (nSPS) is 12.5. The van der Waals surface area contributed by atoms with Crippen LogP contribution in [0.3, 0.4) is 0 Å². The Kier molecular flexibility index (Phi) is 6.58. The van der Waals surface area contributed by atoms with E-state index in [0.717, 1.165) is 28.6 Å². The highest BCUT2D eigenvalue weighted by molar-refractivity contribution is 7.22. The molecule has 0 radical (unpaired) electrons. The third-order valence-corrected chi connectivity index (χ3v) is 6.47. The minimum absolute atomic E-state index is 0.152. The number of rotatable bonds is 8. The fraction of sp³-hybridized carbons (Fsp3) is 0.269. The minimum Gasteiger partial charge on any atom is -0.494 e. The SMILES string of the molecule is CCCCOc1cccc(C(=O)N(Cc2cccnc2)c2nc3cc4c(cc3s2)OCCO4)c1. The van der Waals surface area contributed by atoms with Crippen molar-refractivity contribution < 1.29 is 19.0 Å². The van der Waals surface area contributed by atoms with Crippen LogP contribution >= 0.6 is 11.3 Å². The van der Waals surface area contributed by atoms with E-state index in [0.29, 0.717) is 54.3 Å². The number of ether oxygens (including phenoxy) is 3. The summed E-state index contributed by atoms with van der Waals surface area (Å²) in [6.45, 7) is 4.12. The van der Waals surface area contributed by atoms with Crippen LogP contribution in [0.15, 0.2) is 60.9 Å². The zero-order chi connectivity index (χ0) is 23.3. The number of carbonyl (C=O) groups excluding carboxylic acids is 1. The quantitative estimate of drug-likeness (QED) is 0.314. The summed E-state index contributed by atoms with van der Waals surface area (Å²) in [5, 5.41) is 0.600. The highest BCUT2D eigenvalue weighted by Gasteiger charge is 2.24. The minimum atomic E-state index is -0.152. The Morgan fingerprint density at radius 1 is 1.12 bits per heavy atom. The van der Waals surface area contributed by atoms with E-state index in [9.17, 15) is 4.79 Å². The van der Waals surface area contributed by atoms with Crippen LogP contribution in [0.25, 0.3) is 10.2 Å². The molecule has 3 heterocycles. The van der Waals surface area contributed by atoms with Gasteiger partial charge in [-0.2, -0.15) is 0 Å². The Morgan fingerprint density at radius 3 is 2.76 bits per heavy atom. The van der Waals surface area contributed by atoms with Crippen molar-refractivity contribution in [3.05, 3.63) is 72.1 Å². The Bertz CT molecular complexity index is 1250. The molecule has 0 saturated heterocycles. The maximum atomic E-state index is 13.7. The number of hydrogen-bond acceptors (Lipinski definition) is 7. The average molecular weight is 476 g/mol. The second kappa shape index (κ2) is 10.1. The van der Waals surface area contributed by atoms with Gasteiger partial charge in [0, 0.05) is 30.1 Å². The van der Waals surface area contributed by atoms with Gasteiger partial charge < -0.3 is 14.2 Å². The van der Waals surface area contributed by atoms with Crippen molar-refractivity contribution in [2.24, 2.45) is 0 Å². The summed E-state index contributed by atoms with van der Waals surface area (Å²) < 4.78 is 18.2. The van der Waals surface area contributed by atoms with E-state index in [1.165, 1.54) is 11.3 Å². The summed E-state index contributed by atoms with van der Waals surface area (Å²) in [6.07, 6.45) is 5.50. The molecule has 5 rings (SSSR count). The predicted octanol–water partition coefficient (Wildman–Crippen LogP) is 5.49. The van der Waals surface area contributed by atoms with Gasteiger partial charge in [-0.25, -0.2) is 4.98 Å². The summed E-state index contributed by atoms with van der Waals surface area (Å²) in [5.74, 6) is 1.92. The van der Waals surface area contributed by atoms with Gasteiger partial charge in [-0.1, -0.05) is 36.8 Å². The molecular weight excluding hydrogens is 450 g/mol. The van der Waals surface area contributed by atoms with Gasteiger partial charge >= 0.3 is 0 Å². The monoisotopic (exact) mass is 475 g/mol. The average Bonchev–Trinajstić information content (AvgIpc) is 3.29. The zero-order valence-electron chi connectivity index (χ0n) is 18.9. The molecule has 0 spiro atoms. The lowest BCUT2D eigenvalue weighted by Gasteiger charge is -2.20. The topological polar surface area (TPSA) is 73.8 Å². The van der Waals surface area contributed by atoms with Crippen molar-refractivity contribution in [2.75, 3.05) is 24.7 Å². The third kappa shape index (κ3) is 4.82. The molecule has 0 bridgehead atoms. The van der Waals surface area contributed by atoms with Gasteiger partial charge in [-0.15, -0.1) is 0 Å². The smallest absolute Gasteiger partial charge is 0.260 e. The van der Waals surface area contributed by atoms with Crippen molar-refractivity contribution in [1.29, 1.82) is 0 Å². The molecule has 0 atom stereocenters. The van der Waals surface area contributed by atoms with Crippen molar-refractivity contribution in [1.82, 2.24) is 9.97 Å². The molecule has 0 saturated carbocycles. The number of carbonyl (C=O) groups is 1. The molecule has 7 nitrogen and oxygen atoms in total. The van der Waals surface area contributed by atoms with E-state index in [1.807, 2.05) is 36.4 Å². The predicted molar refractivity (Wildman–Crippen MR) is 132 cm³/mol. The van der Waals surface area contributed by atoms with E-state index in [-0.39, 0.29) is 5.91 Å². The van der Waals surface area contributed by atoms with E-state index in [2.05, 4.69) is 11.9 Å². The Morgan fingerprint density at radius 2 is 1.97 bits per heavy atom. The molecule has 1 aliphatic heterocycles. The highest BCUT2D eigenvalue weighted by Crippen LogP contribution is 2.39. The van der Waals surface area contributed by atoms with Crippen LogP contribution in [0.2, 0.25) is 0 Å². The second-order valence-corrected chi connectivity index (χ2v) is 8.95. The molecule has 34 heavy (non-hydrogen) atoms. The molecule has 0 aliphatic carbocycles. The molecule has 2 aromatic heterocycles. The van der Waals surface area contributed by atoms with Gasteiger partial charge in [0.05, 0.1) is 23.4 Å². The number of fused-ring (bicyclic) bond motifs is 2. The van der Waals surface area contributed by atoms with Crippen LogP contribution in [0.4, 0.5) is 5.13 Å². The molecular formula is C26H25N3O4S. The lowest BCUT2D eigenvalue weighted by Crippen LogP contribution is -2.30. The van der Waals surface area contributed by atoms with Crippen LogP contribution in [0, 0.1) is 0 Å². The first-order valence-electron chi connectivity index (χ1n) is 11.3. The van der Waals surface area contributed by atoms with Crippen LogP contribution in [-0.4, -0.2) is 35.7 Å². The van der Waals surface area contributed by atoms with E-state index >= 15 is 0 Å². The lowest BCUT2D eigenvalue weighted by atomic mass is 10.1. The van der Waals surface area contributed by atoms with Gasteiger partial charge in [-0.3, -0.25) is 14.7 Å². The first kappa shape index (κ1) is 22.2. The molecule has 8 heteroatoms. The maximum Gasteiger partial charge on any atom is 0.260 e. The molecule has 2 aromatic carbocycles. The fourth-order valence-corrected chi connectivity index (χ4v) is 4.65. The molecule has 1 aliphatic rings. The number of unbranched alkanes of at least 4 members (excludes halogenated alkanes) is 1.